The van der Waals surface area contributed by atoms with Crippen LogP contribution in [0.3, 0.4) is 0 Å². The molecule has 0 bridgehead atoms. The van der Waals surface area contributed by atoms with Crippen LogP contribution in [0.25, 0.3) is 0 Å². The summed E-state index contributed by atoms with van der Waals surface area (Å²) in [5.41, 5.74) is 0.155. The van der Waals surface area contributed by atoms with E-state index in [4.69, 9.17) is 10.2 Å². The minimum atomic E-state index is 0.155. The summed E-state index contributed by atoms with van der Waals surface area (Å²) < 4.78 is 0. The number of hydrogen-bond donors (Lipinski definition) is 2. The van der Waals surface area contributed by atoms with Crippen molar-refractivity contribution in [3.8, 4) is 0 Å². The first kappa shape index (κ1) is 14.9. The quantitative estimate of drug-likeness (QED) is 0.761. The van der Waals surface area contributed by atoms with Gasteiger partial charge in [-0.1, -0.05) is 46.0 Å². The molecule has 0 unspecified atom stereocenters. The van der Waals surface area contributed by atoms with Gasteiger partial charge in [0.25, 0.3) is 0 Å². The molecule has 0 saturated heterocycles. The zero-order valence-electron chi connectivity index (χ0n) is 10.6. The molecular formula is C13H28O2. The van der Waals surface area contributed by atoms with E-state index >= 15 is 0 Å². The third-order valence-corrected chi connectivity index (χ3v) is 2.99. The highest BCUT2D eigenvalue weighted by molar-refractivity contribution is 4.75. The molecule has 2 nitrogen and oxygen atoms in total. The van der Waals surface area contributed by atoms with Crippen LogP contribution >= 0.6 is 0 Å². The van der Waals surface area contributed by atoms with Crippen LogP contribution in [0, 0.1) is 11.3 Å². The van der Waals surface area contributed by atoms with Gasteiger partial charge in [0, 0.05) is 13.2 Å². The van der Waals surface area contributed by atoms with Gasteiger partial charge in [0.2, 0.25) is 0 Å². The largest absolute Gasteiger partial charge is 0.397 e. The van der Waals surface area contributed by atoms with Gasteiger partial charge in [-0.15, -0.1) is 0 Å². The first-order valence-electron chi connectivity index (χ1n) is 6.27. The van der Waals surface area contributed by atoms with Crippen LogP contribution in [0.5, 0.6) is 0 Å². The normalized spacial score (nSPS) is 18.2. The molecule has 1 rings (SSSR count). The summed E-state index contributed by atoms with van der Waals surface area (Å²) in [6.07, 6.45) is 8.24. The van der Waals surface area contributed by atoms with Gasteiger partial charge in [-0.3, -0.25) is 0 Å². The van der Waals surface area contributed by atoms with E-state index in [1.807, 2.05) is 0 Å². The van der Waals surface area contributed by atoms with Crippen molar-refractivity contribution >= 4 is 0 Å². The fraction of sp³-hybridized carbons (Fsp3) is 1.00. The Kier molecular flexibility index (Phi) is 8.07. The summed E-state index contributed by atoms with van der Waals surface area (Å²) in [6.45, 7) is 6.60. The Labute approximate surface area is 94.7 Å². The van der Waals surface area contributed by atoms with Crippen molar-refractivity contribution in [1.29, 1.82) is 0 Å². The molecule has 1 aliphatic carbocycles. The summed E-state index contributed by atoms with van der Waals surface area (Å²) in [5.74, 6) is 0.890. The summed E-state index contributed by atoms with van der Waals surface area (Å²) >= 11 is 0. The molecule has 0 spiro atoms. The van der Waals surface area contributed by atoms with Crippen molar-refractivity contribution in [2.75, 3.05) is 13.2 Å². The zero-order chi connectivity index (χ0) is 11.7. The lowest BCUT2D eigenvalue weighted by Gasteiger charge is -2.30. The first-order chi connectivity index (χ1) is 7.05. The van der Waals surface area contributed by atoms with Gasteiger partial charge in [-0.2, -0.15) is 0 Å². The van der Waals surface area contributed by atoms with E-state index < -0.39 is 0 Å². The molecule has 15 heavy (non-hydrogen) atoms. The molecule has 92 valence electrons. The average molecular weight is 216 g/mol. The van der Waals surface area contributed by atoms with E-state index in [9.17, 15) is 0 Å². The predicted octanol–water partition coefficient (Wildman–Crippen LogP) is 2.97. The third-order valence-electron chi connectivity index (χ3n) is 2.99. The Morgan fingerprint density at radius 3 is 1.93 bits per heavy atom. The Bertz CT molecular complexity index is 137. The molecule has 1 saturated carbocycles. The molecule has 0 aromatic rings. The van der Waals surface area contributed by atoms with Gasteiger partial charge in [0.15, 0.2) is 0 Å². The van der Waals surface area contributed by atoms with Crippen LogP contribution in [0.15, 0.2) is 0 Å². The molecule has 2 N–H and O–H groups in total. The van der Waals surface area contributed by atoms with E-state index in [2.05, 4.69) is 13.8 Å². The standard InChI is InChI=1S/C11H22O.C2H6O/c1-11(2,9-12)8-10-6-4-3-5-7-10;1-2-3/h10,12H,3-9H2,1-2H3;3H,2H2,1H3. The minimum absolute atomic E-state index is 0.155. The average Bonchev–Trinajstić information content (AvgIpc) is 2.20. The molecule has 0 aromatic heterocycles. The van der Waals surface area contributed by atoms with E-state index in [0.717, 1.165) is 5.92 Å². The lowest BCUT2D eigenvalue weighted by Crippen LogP contribution is -2.22. The molecule has 0 aliphatic heterocycles. The molecule has 0 atom stereocenters. The van der Waals surface area contributed by atoms with E-state index in [1.54, 1.807) is 6.92 Å². The van der Waals surface area contributed by atoms with E-state index in [-0.39, 0.29) is 12.0 Å². The summed E-state index contributed by atoms with van der Waals surface area (Å²) in [5, 5.41) is 16.7. The van der Waals surface area contributed by atoms with Gasteiger partial charge >= 0.3 is 0 Å². The summed E-state index contributed by atoms with van der Waals surface area (Å²) in [7, 11) is 0. The van der Waals surface area contributed by atoms with Gasteiger partial charge in [-0.25, -0.2) is 0 Å². The first-order valence-corrected chi connectivity index (χ1v) is 6.27. The van der Waals surface area contributed by atoms with E-state index in [1.165, 1.54) is 38.5 Å². The van der Waals surface area contributed by atoms with Crippen LogP contribution in [0.2, 0.25) is 0 Å². The van der Waals surface area contributed by atoms with Crippen molar-refractivity contribution in [2.24, 2.45) is 11.3 Å². The maximum absolute atomic E-state index is 9.12. The zero-order valence-corrected chi connectivity index (χ0v) is 10.6. The molecule has 0 heterocycles. The number of aliphatic hydroxyl groups is 2. The minimum Gasteiger partial charge on any atom is -0.397 e. The highest BCUT2D eigenvalue weighted by atomic mass is 16.3. The topological polar surface area (TPSA) is 40.5 Å². The van der Waals surface area contributed by atoms with Crippen LogP contribution in [-0.2, 0) is 0 Å². The molecule has 0 amide bonds. The van der Waals surface area contributed by atoms with Crippen molar-refractivity contribution < 1.29 is 10.2 Å². The number of hydrogen-bond acceptors (Lipinski definition) is 2. The van der Waals surface area contributed by atoms with E-state index in [0.29, 0.717) is 6.61 Å². The maximum atomic E-state index is 9.12. The number of rotatable bonds is 3. The fourth-order valence-corrected chi connectivity index (χ4v) is 2.24. The van der Waals surface area contributed by atoms with Gasteiger partial charge in [0.05, 0.1) is 0 Å². The SMILES string of the molecule is CC(C)(CO)CC1CCCCC1.CCO. The molecular weight excluding hydrogens is 188 g/mol. The van der Waals surface area contributed by atoms with Crippen LogP contribution in [0.4, 0.5) is 0 Å². The van der Waals surface area contributed by atoms with Crippen molar-refractivity contribution in [2.45, 2.75) is 59.3 Å². The lowest BCUT2D eigenvalue weighted by atomic mass is 9.77. The second-order valence-corrected chi connectivity index (χ2v) is 5.35. The molecule has 0 radical (unpaired) electrons. The Morgan fingerprint density at radius 1 is 1.07 bits per heavy atom. The van der Waals surface area contributed by atoms with Gasteiger partial charge in [0.1, 0.15) is 0 Å². The fourth-order valence-electron chi connectivity index (χ4n) is 2.24. The van der Waals surface area contributed by atoms with Crippen LogP contribution < -0.4 is 0 Å². The second-order valence-electron chi connectivity index (χ2n) is 5.35. The highest BCUT2D eigenvalue weighted by Gasteiger charge is 2.23. The van der Waals surface area contributed by atoms with Crippen molar-refractivity contribution in [3.63, 3.8) is 0 Å². The molecule has 0 aromatic carbocycles. The Hall–Kier alpha value is -0.0800. The van der Waals surface area contributed by atoms with Crippen LogP contribution in [0.1, 0.15) is 59.3 Å². The Morgan fingerprint density at radius 2 is 1.53 bits per heavy atom. The smallest absolute Gasteiger partial charge is 0.0482 e. The predicted molar refractivity (Wildman–Crippen MR) is 64.8 cm³/mol. The van der Waals surface area contributed by atoms with Crippen molar-refractivity contribution in [3.05, 3.63) is 0 Å². The summed E-state index contributed by atoms with van der Waals surface area (Å²) in [6, 6.07) is 0. The third kappa shape index (κ3) is 7.80. The van der Waals surface area contributed by atoms with Crippen molar-refractivity contribution in [1.82, 2.24) is 0 Å². The second kappa shape index (κ2) is 8.12. The monoisotopic (exact) mass is 216 g/mol. The summed E-state index contributed by atoms with van der Waals surface area (Å²) in [4.78, 5) is 0. The number of aliphatic hydroxyl groups excluding tert-OH is 2. The molecule has 1 aliphatic rings. The highest BCUT2D eigenvalue weighted by Crippen LogP contribution is 2.33. The lowest BCUT2D eigenvalue weighted by molar-refractivity contribution is 0.119. The Balaban J connectivity index is 0.000000583. The van der Waals surface area contributed by atoms with Crippen LogP contribution in [-0.4, -0.2) is 23.4 Å². The van der Waals surface area contributed by atoms with Gasteiger partial charge in [-0.05, 0) is 24.7 Å². The molecule has 2 heteroatoms. The van der Waals surface area contributed by atoms with Gasteiger partial charge < -0.3 is 10.2 Å². The maximum Gasteiger partial charge on any atom is 0.0482 e. The molecule has 1 fully saturated rings.